The molecule has 2 amide bonds. The Balaban J connectivity index is 2.03. The largest absolute Gasteiger partial charge is 0.481 e. The number of aryl methyl sites for hydroxylation is 1. The number of carbonyl (C=O) groups is 2. The van der Waals surface area contributed by atoms with Crippen LogP contribution in [0.2, 0.25) is 0 Å². The zero-order valence-electron chi connectivity index (χ0n) is 16.7. The second kappa shape index (κ2) is 11.1. The van der Waals surface area contributed by atoms with Gasteiger partial charge in [-0.1, -0.05) is 36.8 Å². The number of carbonyl (C=O) groups excluding carboxylic acids is 2. The van der Waals surface area contributed by atoms with Crippen molar-refractivity contribution in [2.24, 2.45) is 0 Å². The number of rotatable bonds is 10. The monoisotopic (exact) mass is 384 g/mol. The Labute approximate surface area is 166 Å². The number of amides is 2. The molecule has 0 fully saturated rings. The first-order valence-corrected chi connectivity index (χ1v) is 9.45. The minimum atomic E-state index is -0.652. The molecule has 0 aromatic heterocycles. The van der Waals surface area contributed by atoms with E-state index in [9.17, 15) is 9.59 Å². The molecule has 0 saturated heterocycles. The average Bonchev–Trinajstić information content (AvgIpc) is 2.71. The lowest BCUT2D eigenvalue weighted by atomic mass is 10.1. The molecule has 0 heterocycles. The highest BCUT2D eigenvalue weighted by molar-refractivity contribution is 6.04. The van der Waals surface area contributed by atoms with Crippen LogP contribution < -0.4 is 15.4 Å². The average molecular weight is 384 g/mol. The van der Waals surface area contributed by atoms with Crippen molar-refractivity contribution in [1.29, 1.82) is 0 Å². The Morgan fingerprint density at radius 2 is 1.79 bits per heavy atom. The van der Waals surface area contributed by atoms with Crippen LogP contribution in [0, 0.1) is 6.92 Å². The molecule has 0 spiro atoms. The minimum absolute atomic E-state index is 0.237. The van der Waals surface area contributed by atoms with Crippen LogP contribution in [0.1, 0.15) is 35.7 Å². The van der Waals surface area contributed by atoms with E-state index in [2.05, 4.69) is 10.6 Å². The summed E-state index contributed by atoms with van der Waals surface area (Å²) in [6.07, 6.45) is 0.574. The van der Waals surface area contributed by atoms with E-state index in [1.807, 2.05) is 38.1 Å². The zero-order valence-corrected chi connectivity index (χ0v) is 16.7. The molecule has 0 unspecified atom stereocenters. The summed E-state index contributed by atoms with van der Waals surface area (Å²) in [5.74, 6) is 0.110. The van der Waals surface area contributed by atoms with Crippen LogP contribution in [-0.4, -0.2) is 38.2 Å². The van der Waals surface area contributed by atoms with Crippen molar-refractivity contribution in [2.75, 3.05) is 25.6 Å². The molecular weight excluding hydrogens is 356 g/mol. The molecule has 150 valence electrons. The number of anilines is 1. The number of para-hydroxylation sites is 1. The van der Waals surface area contributed by atoms with Crippen LogP contribution in [0.5, 0.6) is 5.75 Å². The number of hydrogen-bond donors (Lipinski definition) is 2. The van der Waals surface area contributed by atoms with E-state index in [0.29, 0.717) is 36.6 Å². The molecule has 2 aromatic rings. The van der Waals surface area contributed by atoms with Gasteiger partial charge in [-0.3, -0.25) is 9.59 Å². The molecule has 0 aliphatic carbocycles. The molecule has 0 saturated carbocycles. The molecule has 28 heavy (non-hydrogen) atoms. The van der Waals surface area contributed by atoms with E-state index >= 15 is 0 Å². The summed E-state index contributed by atoms with van der Waals surface area (Å²) < 4.78 is 10.8. The molecule has 6 nitrogen and oxygen atoms in total. The summed E-state index contributed by atoms with van der Waals surface area (Å²) in [6, 6.07) is 14.5. The van der Waals surface area contributed by atoms with Gasteiger partial charge in [0.15, 0.2) is 6.10 Å². The third-order valence-corrected chi connectivity index (χ3v) is 4.20. The number of hydrogen-bond acceptors (Lipinski definition) is 4. The standard InChI is InChI=1S/C22H28N2O4/c1-4-20(28-17-12-10-16(2)11-13-17)22(26)24-19-9-6-5-8-18(19)21(25)23-14-7-15-27-3/h5-6,8-13,20H,4,7,14-15H2,1-3H3,(H,23,25)(H,24,26)/t20-/m0/s1. The Bertz CT molecular complexity index is 774. The van der Waals surface area contributed by atoms with Crippen molar-refractivity contribution in [3.05, 3.63) is 59.7 Å². The Hall–Kier alpha value is -2.86. The maximum absolute atomic E-state index is 12.7. The molecule has 6 heteroatoms. The fourth-order valence-corrected chi connectivity index (χ4v) is 2.62. The van der Waals surface area contributed by atoms with E-state index in [1.54, 1.807) is 31.4 Å². The Morgan fingerprint density at radius 3 is 2.46 bits per heavy atom. The quantitative estimate of drug-likeness (QED) is 0.614. The number of benzene rings is 2. The molecule has 1 atom stereocenters. The molecule has 0 bridgehead atoms. The van der Waals surface area contributed by atoms with Gasteiger partial charge in [-0.05, 0) is 44.0 Å². The smallest absolute Gasteiger partial charge is 0.265 e. The second-order valence-electron chi connectivity index (χ2n) is 6.46. The van der Waals surface area contributed by atoms with E-state index in [1.165, 1.54) is 0 Å². The van der Waals surface area contributed by atoms with Gasteiger partial charge in [-0.25, -0.2) is 0 Å². The molecule has 0 radical (unpaired) electrons. The van der Waals surface area contributed by atoms with Crippen molar-refractivity contribution >= 4 is 17.5 Å². The van der Waals surface area contributed by atoms with Crippen LogP contribution in [0.25, 0.3) is 0 Å². The van der Waals surface area contributed by atoms with Gasteiger partial charge < -0.3 is 20.1 Å². The second-order valence-corrected chi connectivity index (χ2v) is 6.46. The first-order valence-electron chi connectivity index (χ1n) is 9.45. The van der Waals surface area contributed by atoms with Crippen molar-refractivity contribution in [2.45, 2.75) is 32.8 Å². The van der Waals surface area contributed by atoms with Gasteiger partial charge in [0.25, 0.3) is 11.8 Å². The lowest BCUT2D eigenvalue weighted by Gasteiger charge is -2.18. The Kier molecular flexibility index (Phi) is 8.49. The van der Waals surface area contributed by atoms with Crippen LogP contribution >= 0.6 is 0 Å². The predicted molar refractivity (Wildman–Crippen MR) is 110 cm³/mol. The van der Waals surface area contributed by atoms with E-state index in [-0.39, 0.29) is 11.8 Å². The zero-order chi connectivity index (χ0) is 20.4. The van der Waals surface area contributed by atoms with Crippen LogP contribution in [0.15, 0.2) is 48.5 Å². The molecule has 2 N–H and O–H groups in total. The fraction of sp³-hybridized carbons (Fsp3) is 0.364. The van der Waals surface area contributed by atoms with Crippen LogP contribution in [-0.2, 0) is 9.53 Å². The van der Waals surface area contributed by atoms with E-state index < -0.39 is 6.10 Å². The summed E-state index contributed by atoms with van der Waals surface area (Å²) in [7, 11) is 1.62. The van der Waals surface area contributed by atoms with E-state index in [4.69, 9.17) is 9.47 Å². The molecule has 2 aromatic carbocycles. The van der Waals surface area contributed by atoms with Gasteiger partial charge >= 0.3 is 0 Å². The maximum Gasteiger partial charge on any atom is 0.265 e. The third kappa shape index (κ3) is 6.39. The van der Waals surface area contributed by atoms with Gasteiger partial charge in [0.1, 0.15) is 5.75 Å². The summed E-state index contributed by atoms with van der Waals surface area (Å²) in [5, 5.41) is 5.66. The maximum atomic E-state index is 12.7. The molecule has 0 aliphatic rings. The number of methoxy groups -OCH3 is 1. The lowest BCUT2D eigenvalue weighted by molar-refractivity contribution is -0.122. The van der Waals surface area contributed by atoms with Crippen molar-refractivity contribution < 1.29 is 19.1 Å². The van der Waals surface area contributed by atoms with Gasteiger partial charge in [0.2, 0.25) is 0 Å². The van der Waals surface area contributed by atoms with Gasteiger partial charge in [-0.2, -0.15) is 0 Å². The normalized spacial score (nSPS) is 11.5. The summed E-state index contributed by atoms with van der Waals surface area (Å²) >= 11 is 0. The third-order valence-electron chi connectivity index (χ3n) is 4.20. The molecule has 0 aliphatic heterocycles. The Morgan fingerprint density at radius 1 is 1.07 bits per heavy atom. The highest BCUT2D eigenvalue weighted by Crippen LogP contribution is 2.18. The first-order chi connectivity index (χ1) is 13.5. The fourth-order valence-electron chi connectivity index (χ4n) is 2.62. The van der Waals surface area contributed by atoms with Gasteiger partial charge in [0.05, 0.1) is 11.3 Å². The van der Waals surface area contributed by atoms with Crippen molar-refractivity contribution in [3.8, 4) is 5.75 Å². The SMILES string of the molecule is CC[C@H](Oc1ccc(C)cc1)C(=O)Nc1ccccc1C(=O)NCCCOC. The van der Waals surface area contributed by atoms with Gasteiger partial charge in [0, 0.05) is 20.3 Å². The first kappa shape index (κ1) is 21.4. The van der Waals surface area contributed by atoms with Gasteiger partial charge in [-0.15, -0.1) is 0 Å². The van der Waals surface area contributed by atoms with Crippen molar-refractivity contribution in [3.63, 3.8) is 0 Å². The highest BCUT2D eigenvalue weighted by Gasteiger charge is 2.21. The molecular formula is C22H28N2O4. The molecule has 2 rings (SSSR count). The summed E-state index contributed by atoms with van der Waals surface area (Å²) in [6.45, 7) is 4.95. The topological polar surface area (TPSA) is 76.7 Å². The number of nitrogens with one attached hydrogen (secondary N) is 2. The summed E-state index contributed by atoms with van der Waals surface area (Å²) in [4.78, 5) is 25.1. The summed E-state index contributed by atoms with van der Waals surface area (Å²) in [5.41, 5.74) is 2.00. The highest BCUT2D eigenvalue weighted by atomic mass is 16.5. The number of ether oxygens (including phenoxy) is 2. The predicted octanol–water partition coefficient (Wildman–Crippen LogP) is 3.56. The lowest BCUT2D eigenvalue weighted by Crippen LogP contribution is -2.33. The van der Waals surface area contributed by atoms with Crippen LogP contribution in [0.4, 0.5) is 5.69 Å². The van der Waals surface area contributed by atoms with Crippen molar-refractivity contribution in [1.82, 2.24) is 5.32 Å². The van der Waals surface area contributed by atoms with E-state index in [0.717, 1.165) is 12.0 Å². The minimum Gasteiger partial charge on any atom is -0.481 e. The van der Waals surface area contributed by atoms with Crippen LogP contribution in [0.3, 0.4) is 0 Å².